The van der Waals surface area contributed by atoms with Crippen molar-refractivity contribution in [2.24, 2.45) is 0 Å². The van der Waals surface area contributed by atoms with Crippen LogP contribution in [-0.4, -0.2) is 73.6 Å². The van der Waals surface area contributed by atoms with Crippen LogP contribution in [0.3, 0.4) is 0 Å². The molecule has 0 amide bonds. The molecule has 15 nitrogen and oxygen atoms in total. The van der Waals surface area contributed by atoms with Crippen LogP contribution in [0.5, 0.6) is 0 Å². The average Bonchev–Trinajstić information content (AvgIpc) is 2.34. The molecule has 4 unspecified atom stereocenters. The fourth-order valence-electron chi connectivity index (χ4n) is 2.30. The molecule has 0 aliphatic heterocycles. The van der Waals surface area contributed by atoms with Gasteiger partial charge in [-0.1, -0.05) is 6.58 Å². The highest BCUT2D eigenvalue weighted by molar-refractivity contribution is 7.75. The zero-order valence-corrected chi connectivity index (χ0v) is 20.6. The van der Waals surface area contributed by atoms with Crippen LogP contribution >= 0.6 is 44.9 Å². The second kappa shape index (κ2) is 10.4. The van der Waals surface area contributed by atoms with Crippen molar-refractivity contribution >= 4 is 44.9 Å². The second-order valence-electron chi connectivity index (χ2n) is 6.66. The van der Waals surface area contributed by atoms with Gasteiger partial charge in [0.2, 0.25) is 22.1 Å². The van der Waals surface area contributed by atoms with Crippen molar-refractivity contribution in [1.29, 1.82) is 0 Å². The first-order valence-corrected chi connectivity index (χ1v) is 18.8. The van der Waals surface area contributed by atoms with Gasteiger partial charge in [-0.15, -0.1) is 0 Å². The van der Waals surface area contributed by atoms with E-state index >= 15 is 0 Å². The van der Waals surface area contributed by atoms with Gasteiger partial charge in [-0.3, -0.25) is 27.4 Å². The molecule has 0 bridgehead atoms. The van der Waals surface area contributed by atoms with E-state index in [1.807, 2.05) is 0 Å². The van der Waals surface area contributed by atoms with Crippen molar-refractivity contribution in [3.8, 4) is 0 Å². The van der Waals surface area contributed by atoms with Crippen LogP contribution in [0, 0.1) is 0 Å². The van der Waals surface area contributed by atoms with E-state index < -0.39 is 92.6 Å². The Bertz CT molecular complexity index is 921. The Morgan fingerprint density at radius 1 is 0.667 bits per heavy atom. The van der Waals surface area contributed by atoms with Crippen LogP contribution in [0.25, 0.3) is 0 Å². The van der Waals surface area contributed by atoms with Crippen molar-refractivity contribution in [2.75, 3.05) is 23.9 Å². The minimum Gasteiger partial charge on any atom is -0.344 e. The Morgan fingerprint density at radius 3 is 1.43 bits per heavy atom. The maximum absolute atomic E-state index is 12.5. The lowest BCUT2D eigenvalue weighted by atomic mass is 10.2. The van der Waals surface area contributed by atoms with E-state index in [-0.39, 0.29) is 0 Å². The zero-order chi connectivity index (χ0) is 24.4. The summed E-state index contributed by atoms with van der Waals surface area (Å²) >= 11 is 0. The average molecular weight is 558 g/mol. The SMILES string of the molecule is C=C(CC(CCP(=O)(O)CP(=O)(O)O)P(=O)(O)CP(=O)(O)O)P(=O)(O)CP(=O)(O)O. The zero-order valence-electron chi connectivity index (χ0n) is 15.2. The van der Waals surface area contributed by atoms with E-state index in [2.05, 4.69) is 6.58 Å². The van der Waals surface area contributed by atoms with Gasteiger partial charge in [-0.05, 0) is 12.8 Å². The van der Waals surface area contributed by atoms with Gasteiger partial charge in [0.25, 0.3) is 0 Å². The molecule has 0 aliphatic rings. The maximum atomic E-state index is 12.5. The summed E-state index contributed by atoms with van der Waals surface area (Å²) < 4.78 is 69.5. The van der Waals surface area contributed by atoms with Crippen molar-refractivity contribution in [2.45, 2.75) is 18.5 Å². The van der Waals surface area contributed by atoms with E-state index in [0.29, 0.717) is 0 Å². The minimum absolute atomic E-state index is 0.835. The first kappa shape index (κ1) is 30.8. The van der Waals surface area contributed by atoms with Crippen LogP contribution in [0.2, 0.25) is 0 Å². The molecule has 0 rings (SSSR count). The van der Waals surface area contributed by atoms with Crippen LogP contribution in [0.1, 0.15) is 12.8 Å². The lowest BCUT2D eigenvalue weighted by molar-refractivity contribution is 0.373. The summed E-state index contributed by atoms with van der Waals surface area (Å²) in [5, 5.41) is -0.835. The fourth-order valence-corrected chi connectivity index (χ4v) is 13.6. The first-order valence-electron chi connectivity index (χ1n) is 7.61. The van der Waals surface area contributed by atoms with Gasteiger partial charge in [0, 0.05) is 17.1 Å². The summed E-state index contributed by atoms with van der Waals surface area (Å²) in [7, 11) is -29.4. The van der Waals surface area contributed by atoms with Crippen LogP contribution in [-0.2, 0) is 27.4 Å². The Kier molecular flexibility index (Phi) is 10.6. The standard InChI is InChI=1S/C9H24O15P6/c1-8(26(12,13)6-29(19,20)21)4-9(27(14,15)7-30(22,23)24)2-3-25(10,11)5-28(16,17)18/h9H,1-7H2,(H,10,11)(H,12,13)(H,14,15)(H2,16,17,18)(H2,19,20,21)(H2,22,23,24). The molecule has 21 heteroatoms. The molecule has 4 atom stereocenters. The molecule has 0 saturated heterocycles. The number of allylic oxidation sites excluding steroid dienone is 1. The monoisotopic (exact) mass is 558 g/mol. The third-order valence-electron chi connectivity index (χ3n) is 3.52. The molecular formula is C9H24O15P6. The summed E-state index contributed by atoms with van der Waals surface area (Å²) in [5.41, 5.74) is -1.87. The quantitative estimate of drug-likeness (QED) is 0.142. The summed E-state index contributed by atoms with van der Waals surface area (Å²) in [5.74, 6) is -4.64. The molecule has 180 valence electrons. The number of rotatable bonds is 13. The highest BCUT2D eigenvalue weighted by Gasteiger charge is 2.42. The van der Waals surface area contributed by atoms with Gasteiger partial charge in [0.05, 0.1) is 0 Å². The molecule has 0 radical (unpaired) electrons. The molecule has 0 spiro atoms. The molecule has 30 heavy (non-hydrogen) atoms. The van der Waals surface area contributed by atoms with Crippen molar-refractivity contribution in [1.82, 2.24) is 0 Å². The molecule has 0 saturated carbocycles. The lowest BCUT2D eigenvalue weighted by Gasteiger charge is -2.26. The smallest absolute Gasteiger partial charge is 0.335 e. The van der Waals surface area contributed by atoms with Crippen LogP contribution < -0.4 is 0 Å². The van der Waals surface area contributed by atoms with Gasteiger partial charge in [-0.2, -0.15) is 0 Å². The minimum atomic E-state index is -5.11. The summed E-state index contributed by atoms with van der Waals surface area (Å²) in [6.07, 6.45) is -2.80. The molecule has 9 N–H and O–H groups in total. The molecule has 0 aliphatic carbocycles. The topological polar surface area (TPSA) is 284 Å². The third kappa shape index (κ3) is 13.3. The second-order valence-corrected chi connectivity index (χ2v) is 20.5. The van der Waals surface area contributed by atoms with Gasteiger partial charge in [-0.25, -0.2) is 0 Å². The Balaban J connectivity index is 5.79. The van der Waals surface area contributed by atoms with Gasteiger partial charge >= 0.3 is 22.8 Å². The largest absolute Gasteiger partial charge is 0.344 e. The van der Waals surface area contributed by atoms with Crippen molar-refractivity contribution in [3.05, 3.63) is 11.9 Å². The first-order chi connectivity index (χ1) is 12.9. The summed E-state index contributed by atoms with van der Waals surface area (Å²) in [6, 6.07) is 0. The molecule has 0 aromatic heterocycles. The van der Waals surface area contributed by atoms with Gasteiger partial charge in [0.15, 0.2) is 0 Å². The predicted molar refractivity (Wildman–Crippen MR) is 107 cm³/mol. The van der Waals surface area contributed by atoms with Crippen LogP contribution in [0.4, 0.5) is 0 Å². The molecule has 0 aromatic rings. The fraction of sp³-hybridized carbons (Fsp3) is 0.778. The molecular weight excluding hydrogens is 534 g/mol. The number of hydrogen-bond acceptors (Lipinski definition) is 6. The predicted octanol–water partition coefficient (Wildman–Crippen LogP) is 0.866. The third-order valence-corrected chi connectivity index (χ3v) is 16.6. The van der Waals surface area contributed by atoms with E-state index in [1.165, 1.54) is 0 Å². The highest BCUT2D eigenvalue weighted by atomic mass is 31.2. The van der Waals surface area contributed by atoms with Crippen LogP contribution in [0.15, 0.2) is 11.9 Å². The van der Waals surface area contributed by atoms with E-state index in [0.717, 1.165) is 0 Å². The van der Waals surface area contributed by atoms with Crippen molar-refractivity contribution in [3.63, 3.8) is 0 Å². The molecule has 0 fully saturated rings. The summed E-state index contributed by atoms with van der Waals surface area (Å²) in [4.78, 5) is 82.8. The van der Waals surface area contributed by atoms with E-state index in [4.69, 9.17) is 29.4 Å². The maximum Gasteiger partial charge on any atom is 0.335 e. The Morgan fingerprint density at radius 2 is 1.07 bits per heavy atom. The summed E-state index contributed by atoms with van der Waals surface area (Å²) in [6.45, 7) is 3.13. The lowest BCUT2D eigenvalue weighted by Crippen LogP contribution is -2.15. The van der Waals surface area contributed by atoms with Gasteiger partial charge < -0.3 is 44.0 Å². The highest BCUT2D eigenvalue weighted by Crippen LogP contribution is 2.65. The molecule has 0 aromatic carbocycles. The Hall–Kier alpha value is 0.760. The van der Waals surface area contributed by atoms with E-state index in [1.54, 1.807) is 0 Å². The number of hydrogen-bond donors (Lipinski definition) is 9. The van der Waals surface area contributed by atoms with E-state index in [9.17, 15) is 42.1 Å². The Labute approximate surface area is 171 Å². The molecule has 0 heterocycles. The normalized spacial score (nSPS) is 20.6. The van der Waals surface area contributed by atoms with Gasteiger partial charge in [0.1, 0.15) is 17.7 Å². The van der Waals surface area contributed by atoms with Crippen molar-refractivity contribution < 1.29 is 71.4 Å².